The third kappa shape index (κ3) is 3.39. The van der Waals surface area contributed by atoms with E-state index in [2.05, 4.69) is 60.7 Å². The highest BCUT2D eigenvalue weighted by atomic mass is 35.5. The normalized spacial score (nSPS) is 17.0. The van der Waals surface area contributed by atoms with Crippen LogP contribution in [0.3, 0.4) is 0 Å². The van der Waals surface area contributed by atoms with Crippen molar-refractivity contribution >= 4 is 17.3 Å². The lowest BCUT2D eigenvalue weighted by Gasteiger charge is -2.16. The lowest BCUT2D eigenvalue weighted by Crippen LogP contribution is -2.11. The van der Waals surface area contributed by atoms with E-state index in [9.17, 15) is 0 Å². The molecule has 2 aromatic carbocycles. The zero-order chi connectivity index (χ0) is 14.8. The van der Waals surface area contributed by atoms with Gasteiger partial charge in [0.25, 0.3) is 0 Å². The van der Waals surface area contributed by atoms with E-state index < -0.39 is 0 Å². The first-order valence-electron chi connectivity index (χ1n) is 7.40. The topological polar surface area (TPSA) is 15.3 Å². The highest BCUT2D eigenvalue weighted by Gasteiger charge is 2.22. The van der Waals surface area contributed by atoms with Crippen molar-refractivity contribution in [1.29, 1.82) is 0 Å². The first-order chi connectivity index (χ1) is 10.1. The molecule has 110 valence electrons. The Morgan fingerprint density at radius 3 is 2.62 bits per heavy atom. The maximum Gasteiger partial charge on any atom is 0.0519 e. The molecule has 0 saturated heterocycles. The number of benzene rings is 2. The SMILES string of the molecule is CN(C)Cc1ccc(NC2CCc3cc(Cl)ccc32)cc1. The molecular formula is C18H21ClN2. The number of anilines is 1. The molecule has 1 aliphatic rings. The number of aryl methyl sites for hydroxylation is 1. The van der Waals surface area contributed by atoms with Gasteiger partial charge >= 0.3 is 0 Å². The Bertz CT molecular complexity index is 620. The van der Waals surface area contributed by atoms with Crippen LogP contribution in [0.5, 0.6) is 0 Å². The maximum absolute atomic E-state index is 6.07. The second kappa shape index (κ2) is 6.08. The summed E-state index contributed by atoms with van der Waals surface area (Å²) in [4.78, 5) is 2.18. The van der Waals surface area contributed by atoms with Gasteiger partial charge in [-0.25, -0.2) is 0 Å². The van der Waals surface area contributed by atoms with Gasteiger partial charge in [-0.15, -0.1) is 0 Å². The Labute approximate surface area is 131 Å². The number of halogens is 1. The molecule has 3 rings (SSSR count). The fourth-order valence-corrected chi connectivity index (χ4v) is 3.20. The van der Waals surface area contributed by atoms with Crippen molar-refractivity contribution in [3.63, 3.8) is 0 Å². The highest BCUT2D eigenvalue weighted by Crippen LogP contribution is 2.35. The molecule has 2 aromatic rings. The fraction of sp³-hybridized carbons (Fsp3) is 0.333. The predicted octanol–water partition coefficient (Wildman–Crippen LogP) is 4.50. The van der Waals surface area contributed by atoms with Crippen LogP contribution in [0.1, 0.15) is 29.2 Å². The summed E-state index contributed by atoms with van der Waals surface area (Å²) in [6.07, 6.45) is 2.24. The summed E-state index contributed by atoms with van der Waals surface area (Å²) in [5, 5.41) is 4.48. The lowest BCUT2D eigenvalue weighted by atomic mass is 10.1. The molecule has 0 spiro atoms. The van der Waals surface area contributed by atoms with Crippen LogP contribution in [0.15, 0.2) is 42.5 Å². The standard InChI is InChI=1S/C18H21ClN2/c1-21(2)12-13-3-7-16(8-4-13)20-18-10-5-14-11-15(19)6-9-17(14)18/h3-4,6-9,11,18,20H,5,10,12H2,1-2H3. The number of nitrogens with zero attached hydrogens (tertiary/aromatic N) is 1. The molecule has 0 fully saturated rings. The summed E-state index contributed by atoms with van der Waals surface area (Å²) in [5.74, 6) is 0. The molecule has 0 radical (unpaired) electrons. The van der Waals surface area contributed by atoms with Crippen molar-refractivity contribution in [2.45, 2.75) is 25.4 Å². The number of nitrogens with one attached hydrogen (secondary N) is 1. The molecule has 0 bridgehead atoms. The van der Waals surface area contributed by atoms with Gasteiger partial charge in [-0.05, 0) is 67.9 Å². The van der Waals surface area contributed by atoms with Crippen LogP contribution in [0, 0.1) is 0 Å². The van der Waals surface area contributed by atoms with Gasteiger partial charge in [-0.1, -0.05) is 29.8 Å². The van der Waals surface area contributed by atoms with E-state index in [1.165, 1.54) is 22.4 Å². The molecule has 0 heterocycles. The summed E-state index contributed by atoms with van der Waals surface area (Å²) in [7, 11) is 4.18. The molecule has 3 heteroatoms. The molecule has 1 aliphatic carbocycles. The Kier molecular flexibility index (Phi) is 4.18. The average molecular weight is 301 g/mol. The Morgan fingerprint density at radius 2 is 1.90 bits per heavy atom. The summed E-state index contributed by atoms with van der Waals surface area (Å²) in [5.41, 5.74) is 5.29. The molecule has 0 aliphatic heterocycles. The van der Waals surface area contributed by atoms with Gasteiger partial charge in [0.15, 0.2) is 0 Å². The molecule has 1 N–H and O–H groups in total. The van der Waals surface area contributed by atoms with E-state index in [0.29, 0.717) is 6.04 Å². The average Bonchev–Trinajstić information content (AvgIpc) is 2.83. The first kappa shape index (κ1) is 14.4. The van der Waals surface area contributed by atoms with Gasteiger partial charge in [0.2, 0.25) is 0 Å². The summed E-state index contributed by atoms with van der Waals surface area (Å²) in [6, 6.07) is 15.4. The Balaban J connectivity index is 1.71. The van der Waals surface area contributed by atoms with E-state index in [-0.39, 0.29) is 0 Å². The number of rotatable bonds is 4. The van der Waals surface area contributed by atoms with E-state index in [1.54, 1.807) is 0 Å². The molecule has 0 saturated carbocycles. The van der Waals surface area contributed by atoms with Crippen LogP contribution >= 0.6 is 11.6 Å². The highest BCUT2D eigenvalue weighted by molar-refractivity contribution is 6.30. The van der Waals surface area contributed by atoms with Crippen molar-refractivity contribution in [3.05, 3.63) is 64.2 Å². The van der Waals surface area contributed by atoms with E-state index in [0.717, 1.165) is 24.4 Å². The molecule has 21 heavy (non-hydrogen) atoms. The van der Waals surface area contributed by atoms with Crippen molar-refractivity contribution in [2.24, 2.45) is 0 Å². The zero-order valence-electron chi connectivity index (χ0n) is 12.6. The van der Waals surface area contributed by atoms with Gasteiger partial charge < -0.3 is 10.2 Å². The van der Waals surface area contributed by atoms with Crippen molar-refractivity contribution in [1.82, 2.24) is 4.90 Å². The van der Waals surface area contributed by atoms with Gasteiger partial charge in [0.1, 0.15) is 0 Å². The number of fused-ring (bicyclic) bond motifs is 1. The molecule has 1 atom stereocenters. The smallest absolute Gasteiger partial charge is 0.0519 e. The fourth-order valence-electron chi connectivity index (χ4n) is 3.01. The molecule has 2 nitrogen and oxygen atoms in total. The zero-order valence-corrected chi connectivity index (χ0v) is 13.3. The van der Waals surface area contributed by atoms with E-state index >= 15 is 0 Å². The van der Waals surface area contributed by atoms with Gasteiger partial charge in [0.05, 0.1) is 6.04 Å². The molecule has 0 amide bonds. The van der Waals surface area contributed by atoms with Crippen LogP contribution in [-0.2, 0) is 13.0 Å². The number of hydrogen-bond acceptors (Lipinski definition) is 2. The van der Waals surface area contributed by atoms with Crippen LogP contribution in [0.2, 0.25) is 5.02 Å². The molecule has 1 unspecified atom stereocenters. The van der Waals surface area contributed by atoms with E-state index in [4.69, 9.17) is 11.6 Å². The minimum absolute atomic E-state index is 0.400. The van der Waals surface area contributed by atoms with Gasteiger partial charge in [-0.3, -0.25) is 0 Å². The minimum Gasteiger partial charge on any atom is -0.378 e. The van der Waals surface area contributed by atoms with Crippen molar-refractivity contribution in [2.75, 3.05) is 19.4 Å². The minimum atomic E-state index is 0.400. The summed E-state index contributed by atoms with van der Waals surface area (Å²) in [6.45, 7) is 0.977. The quantitative estimate of drug-likeness (QED) is 0.894. The van der Waals surface area contributed by atoms with Crippen LogP contribution in [0.25, 0.3) is 0 Å². The summed E-state index contributed by atoms with van der Waals surface area (Å²) < 4.78 is 0. The lowest BCUT2D eigenvalue weighted by molar-refractivity contribution is 0.402. The second-order valence-electron chi connectivity index (χ2n) is 6.01. The second-order valence-corrected chi connectivity index (χ2v) is 6.45. The van der Waals surface area contributed by atoms with Crippen molar-refractivity contribution in [3.8, 4) is 0 Å². The molecular weight excluding hydrogens is 280 g/mol. The maximum atomic E-state index is 6.07. The third-order valence-electron chi connectivity index (χ3n) is 3.98. The molecule has 0 aromatic heterocycles. The Morgan fingerprint density at radius 1 is 1.14 bits per heavy atom. The van der Waals surface area contributed by atoms with Crippen LogP contribution < -0.4 is 5.32 Å². The van der Waals surface area contributed by atoms with Crippen molar-refractivity contribution < 1.29 is 0 Å². The predicted molar refractivity (Wildman–Crippen MR) is 90.0 cm³/mol. The number of hydrogen-bond donors (Lipinski definition) is 1. The van der Waals surface area contributed by atoms with Gasteiger partial charge in [-0.2, -0.15) is 0 Å². The largest absolute Gasteiger partial charge is 0.378 e. The van der Waals surface area contributed by atoms with Gasteiger partial charge in [0, 0.05) is 17.3 Å². The van der Waals surface area contributed by atoms with E-state index in [1.807, 2.05) is 6.07 Å². The first-order valence-corrected chi connectivity index (χ1v) is 7.78. The van der Waals surface area contributed by atoms with Crippen LogP contribution in [0.4, 0.5) is 5.69 Å². The third-order valence-corrected chi connectivity index (χ3v) is 4.21. The Hall–Kier alpha value is -1.51. The monoisotopic (exact) mass is 300 g/mol. The summed E-state index contributed by atoms with van der Waals surface area (Å²) >= 11 is 6.07. The van der Waals surface area contributed by atoms with Crippen LogP contribution in [-0.4, -0.2) is 19.0 Å².